The van der Waals surface area contributed by atoms with Gasteiger partial charge < -0.3 is 4.74 Å². The Morgan fingerprint density at radius 1 is 1.04 bits per heavy atom. The van der Waals surface area contributed by atoms with E-state index in [1.54, 1.807) is 35.2 Å². The number of carbonyl (C=O) groups excluding carboxylic acids is 1. The van der Waals surface area contributed by atoms with Crippen LogP contribution in [0.15, 0.2) is 72.8 Å². The number of thioether (sulfide) groups is 1. The summed E-state index contributed by atoms with van der Waals surface area (Å²) in [5.41, 5.74) is 2.15. The molecule has 4 rings (SSSR count). The molecule has 1 aliphatic rings. The number of nitrogens with zero attached hydrogens (tertiary/aromatic N) is 1. The van der Waals surface area contributed by atoms with Crippen LogP contribution in [-0.2, 0) is 11.4 Å². The van der Waals surface area contributed by atoms with Crippen molar-refractivity contribution in [3.05, 3.63) is 94.8 Å². The second-order valence-corrected chi connectivity index (χ2v) is 7.83. The largest absolute Gasteiger partial charge is 0.488 e. The third kappa shape index (κ3) is 3.86. The molecule has 1 aliphatic heterocycles. The van der Waals surface area contributed by atoms with Crippen molar-refractivity contribution in [2.75, 3.05) is 10.7 Å². The van der Waals surface area contributed by atoms with E-state index in [0.717, 1.165) is 11.3 Å². The van der Waals surface area contributed by atoms with Gasteiger partial charge in [0.1, 0.15) is 23.5 Å². The topological polar surface area (TPSA) is 29.5 Å². The summed E-state index contributed by atoms with van der Waals surface area (Å²) in [6, 6.07) is 21.3. The Hall–Kier alpha value is -2.50. The fourth-order valence-corrected chi connectivity index (χ4v) is 4.45. The molecular formula is C22H17ClFNO2S. The number of anilines is 1. The summed E-state index contributed by atoms with van der Waals surface area (Å²) in [5.74, 6) is 0.751. The zero-order chi connectivity index (χ0) is 19.5. The van der Waals surface area contributed by atoms with Crippen LogP contribution in [0.2, 0.25) is 5.02 Å². The number of hydrogen-bond donors (Lipinski definition) is 0. The highest BCUT2D eigenvalue weighted by molar-refractivity contribution is 8.00. The first kappa shape index (κ1) is 18.8. The molecule has 0 N–H and O–H groups in total. The van der Waals surface area contributed by atoms with Gasteiger partial charge in [-0.3, -0.25) is 9.69 Å². The Morgan fingerprint density at radius 2 is 1.75 bits per heavy atom. The van der Waals surface area contributed by atoms with E-state index in [9.17, 15) is 9.18 Å². The van der Waals surface area contributed by atoms with Crippen LogP contribution in [0.1, 0.15) is 16.5 Å². The van der Waals surface area contributed by atoms with Gasteiger partial charge in [-0.2, -0.15) is 0 Å². The van der Waals surface area contributed by atoms with Gasteiger partial charge in [0.2, 0.25) is 5.91 Å². The van der Waals surface area contributed by atoms with Gasteiger partial charge in [-0.25, -0.2) is 4.39 Å². The average Bonchev–Trinajstić information content (AvgIpc) is 3.09. The monoisotopic (exact) mass is 413 g/mol. The maximum atomic E-state index is 13.9. The molecule has 0 radical (unpaired) electrons. The fraction of sp³-hybridized carbons (Fsp3) is 0.136. The van der Waals surface area contributed by atoms with Gasteiger partial charge in [-0.15, -0.1) is 11.8 Å². The van der Waals surface area contributed by atoms with E-state index < -0.39 is 0 Å². The number of benzene rings is 3. The molecule has 1 atom stereocenters. The first-order valence-corrected chi connectivity index (χ1v) is 10.2. The van der Waals surface area contributed by atoms with Crippen molar-refractivity contribution in [2.45, 2.75) is 12.0 Å². The van der Waals surface area contributed by atoms with Crippen LogP contribution in [0.25, 0.3) is 0 Å². The molecule has 1 amide bonds. The molecule has 0 aliphatic carbocycles. The lowest BCUT2D eigenvalue weighted by molar-refractivity contribution is -0.115. The molecule has 0 unspecified atom stereocenters. The van der Waals surface area contributed by atoms with Crippen LogP contribution in [0, 0.1) is 5.82 Å². The fourth-order valence-electron chi connectivity index (χ4n) is 3.12. The van der Waals surface area contributed by atoms with Gasteiger partial charge in [0.15, 0.2) is 0 Å². The molecule has 3 aromatic carbocycles. The molecule has 0 bridgehead atoms. The zero-order valence-corrected chi connectivity index (χ0v) is 16.4. The molecule has 1 heterocycles. The van der Waals surface area contributed by atoms with Crippen molar-refractivity contribution in [1.29, 1.82) is 0 Å². The molecule has 0 saturated carbocycles. The van der Waals surface area contributed by atoms with E-state index in [1.165, 1.54) is 17.8 Å². The van der Waals surface area contributed by atoms with Crippen molar-refractivity contribution in [3.8, 4) is 5.75 Å². The lowest BCUT2D eigenvalue weighted by Gasteiger charge is -2.26. The van der Waals surface area contributed by atoms with Gasteiger partial charge in [0.25, 0.3) is 0 Å². The van der Waals surface area contributed by atoms with Gasteiger partial charge in [0, 0.05) is 21.8 Å². The van der Waals surface area contributed by atoms with Gasteiger partial charge in [-0.1, -0.05) is 48.0 Å². The predicted molar refractivity (Wildman–Crippen MR) is 111 cm³/mol. The standard InChI is InChI=1S/C22H17ClFNO2S/c23-16-9-11-17(12-10-16)25-21(26)14-28-22(25)18-6-2-4-8-20(18)27-13-15-5-1-3-7-19(15)24/h1-12,22H,13-14H2/t22-/m1/s1. The van der Waals surface area contributed by atoms with Crippen molar-refractivity contribution >= 4 is 35.0 Å². The summed E-state index contributed by atoms with van der Waals surface area (Å²) in [7, 11) is 0. The second kappa shape index (κ2) is 8.25. The molecule has 3 aromatic rings. The minimum absolute atomic E-state index is 0.0289. The van der Waals surface area contributed by atoms with Crippen molar-refractivity contribution in [3.63, 3.8) is 0 Å². The van der Waals surface area contributed by atoms with Crippen molar-refractivity contribution in [2.24, 2.45) is 0 Å². The molecule has 142 valence electrons. The highest BCUT2D eigenvalue weighted by Gasteiger charge is 2.35. The van der Waals surface area contributed by atoms with E-state index in [1.807, 2.05) is 36.4 Å². The number of halogens is 2. The molecule has 0 aromatic heterocycles. The van der Waals surface area contributed by atoms with E-state index in [4.69, 9.17) is 16.3 Å². The summed E-state index contributed by atoms with van der Waals surface area (Å²) < 4.78 is 19.9. The van der Waals surface area contributed by atoms with Gasteiger partial charge in [0.05, 0.1) is 5.75 Å². The predicted octanol–water partition coefficient (Wildman–Crippen LogP) is 5.84. The van der Waals surface area contributed by atoms with E-state index in [0.29, 0.717) is 22.1 Å². The van der Waals surface area contributed by atoms with Crippen LogP contribution < -0.4 is 9.64 Å². The summed E-state index contributed by atoms with van der Waals surface area (Å²) in [5, 5.41) is 0.402. The first-order chi connectivity index (χ1) is 13.6. The normalized spacial score (nSPS) is 16.4. The van der Waals surface area contributed by atoms with Crippen molar-refractivity contribution in [1.82, 2.24) is 0 Å². The number of hydrogen-bond acceptors (Lipinski definition) is 3. The second-order valence-electron chi connectivity index (χ2n) is 6.32. The minimum Gasteiger partial charge on any atom is -0.488 e. The van der Waals surface area contributed by atoms with Gasteiger partial charge >= 0.3 is 0 Å². The molecule has 1 saturated heterocycles. The lowest BCUT2D eigenvalue weighted by Crippen LogP contribution is -2.28. The van der Waals surface area contributed by atoms with E-state index in [-0.39, 0.29) is 23.7 Å². The molecule has 0 spiro atoms. The summed E-state index contributed by atoms with van der Waals surface area (Å²) >= 11 is 7.53. The number of amides is 1. The van der Waals surface area contributed by atoms with Crippen LogP contribution in [0.3, 0.4) is 0 Å². The Labute approximate surface area is 172 Å². The SMILES string of the molecule is O=C1CS[C@H](c2ccccc2OCc2ccccc2F)N1c1ccc(Cl)cc1. The number of para-hydroxylation sites is 1. The smallest absolute Gasteiger partial charge is 0.238 e. The molecule has 1 fully saturated rings. The van der Waals surface area contributed by atoms with Crippen molar-refractivity contribution < 1.29 is 13.9 Å². The minimum atomic E-state index is -0.298. The maximum Gasteiger partial charge on any atom is 0.238 e. The third-order valence-electron chi connectivity index (χ3n) is 4.50. The molecule has 3 nitrogen and oxygen atoms in total. The average molecular weight is 414 g/mol. The van der Waals surface area contributed by atoms with Crippen LogP contribution >= 0.6 is 23.4 Å². The lowest BCUT2D eigenvalue weighted by atomic mass is 10.1. The number of ether oxygens (including phenoxy) is 1. The van der Waals surface area contributed by atoms with Crippen LogP contribution in [0.5, 0.6) is 5.75 Å². The Morgan fingerprint density at radius 3 is 2.54 bits per heavy atom. The van der Waals surface area contributed by atoms with Crippen LogP contribution in [0.4, 0.5) is 10.1 Å². The molecule has 28 heavy (non-hydrogen) atoms. The Bertz CT molecular complexity index is 996. The highest BCUT2D eigenvalue weighted by Crippen LogP contribution is 2.45. The van der Waals surface area contributed by atoms with Crippen LogP contribution in [-0.4, -0.2) is 11.7 Å². The zero-order valence-electron chi connectivity index (χ0n) is 14.8. The number of carbonyl (C=O) groups is 1. The molecule has 6 heteroatoms. The summed E-state index contributed by atoms with van der Waals surface area (Å²) in [4.78, 5) is 14.3. The summed E-state index contributed by atoms with van der Waals surface area (Å²) in [6.45, 7) is 0.121. The quantitative estimate of drug-likeness (QED) is 0.526. The van der Waals surface area contributed by atoms with E-state index >= 15 is 0 Å². The number of rotatable bonds is 5. The Kier molecular flexibility index (Phi) is 5.55. The maximum absolute atomic E-state index is 13.9. The summed E-state index contributed by atoms with van der Waals surface area (Å²) in [6.07, 6.45) is 0. The Balaban J connectivity index is 1.62. The molecular weight excluding hydrogens is 397 g/mol. The third-order valence-corrected chi connectivity index (χ3v) is 5.94. The van der Waals surface area contributed by atoms with Gasteiger partial charge in [-0.05, 0) is 36.4 Å². The van der Waals surface area contributed by atoms with E-state index in [2.05, 4.69) is 0 Å². The highest BCUT2D eigenvalue weighted by atomic mass is 35.5. The first-order valence-electron chi connectivity index (χ1n) is 8.78.